The average molecular weight is 537 g/mol. The molecule has 0 aromatic heterocycles. The summed E-state index contributed by atoms with van der Waals surface area (Å²) in [6.45, 7) is 0.698. The zero-order valence-corrected chi connectivity index (χ0v) is 14.6. The lowest BCUT2D eigenvalue weighted by molar-refractivity contribution is -0.548. The SMILES string of the molecule is C/C=N/OC(=O)[C@@](F)(OC(F)(F)[C@](F)(OC(F)(F)C(F)(F)C(F)(F)F)C(F)(F)F)C(F)(F)F. The van der Waals surface area contributed by atoms with Gasteiger partial charge in [0.2, 0.25) is 0 Å². The Labute approximate surface area is 168 Å². The molecule has 0 aromatic carbocycles. The van der Waals surface area contributed by atoms with Gasteiger partial charge in [0.05, 0.1) is 0 Å². The summed E-state index contributed by atoms with van der Waals surface area (Å²) in [5, 5.41) is 2.08. The minimum atomic E-state index is -8.07. The second-order valence-corrected chi connectivity index (χ2v) is 5.24. The van der Waals surface area contributed by atoms with Gasteiger partial charge >= 0.3 is 54.3 Å². The molecule has 0 spiro atoms. The van der Waals surface area contributed by atoms with E-state index in [4.69, 9.17) is 0 Å². The maximum Gasteiger partial charge on any atom is 0.462 e. The summed E-state index contributed by atoms with van der Waals surface area (Å²) in [6, 6.07) is 0. The number of oxime groups is 1. The van der Waals surface area contributed by atoms with Gasteiger partial charge in [-0.25, -0.2) is 4.79 Å². The number of alkyl halides is 17. The number of nitrogens with zero attached hydrogens (tertiary/aromatic N) is 1. The van der Waals surface area contributed by atoms with Crippen LogP contribution in [0.1, 0.15) is 6.92 Å². The van der Waals surface area contributed by atoms with E-state index in [1.165, 1.54) is 4.74 Å². The molecule has 0 fully saturated rings. The van der Waals surface area contributed by atoms with Crippen LogP contribution in [-0.2, 0) is 19.1 Å². The highest BCUT2D eigenvalue weighted by Crippen LogP contribution is 2.56. The van der Waals surface area contributed by atoms with E-state index in [9.17, 15) is 79.4 Å². The molecule has 33 heavy (non-hydrogen) atoms. The summed E-state index contributed by atoms with van der Waals surface area (Å²) >= 11 is 0. The van der Waals surface area contributed by atoms with E-state index in [0.29, 0.717) is 6.92 Å². The summed E-state index contributed by atoms with van der Waals surface area (Å²) in [5.74, 6) is -26.7. The van der Waals surface area contributed by atoms with Gasteiger partial charge in [0.25, 0.3) is 0 Å². The van der Waals surface area contributed by atoms with Gasteiger partial charge in [-0.05, 0) is 6.92 Å². The number of carbonyl (C=O) groups is 1. The molecule has 0 bridgehead atoms. The molecule has 5 nitrogen and oxygen atoms in total. The Morgan fingerprint density at radius 2 is 1.06 bits per heavy atom. The van der Waals surface area contributed by atoms with Gasteiger partial charge < -0.3 is 4.84 Å². The summed E-state index contributed by atoms with van der Waals surface area (Å²) in [5.41, 5.74) is 0. The topological polar surface area (TPSA) is 57.1 Å². The number of hydrogen-bond acceptors (Lipinski definition) is 5. The smallest absolute Gasteiger partial charge is 0.312 e. The maximum atomic E-state index is 13.8. The van der Waals surface area contributed by atoms with Gasteiger partial charge in [-0.3, -0.25) is 9.47 Å². The fourth-order valence-electron chi connectivity index (χ4n) is 1.30. The van der Waals surface area contributed by atoms with Crippen LogP contribution in [0.2, 0.25) is 0 Å². The lowest BCUT2D eigenvalue weighted by atomic mass is 10.2. The van der Waals surface area contributed by atoms with Crippen molar-refractivity contribution in [2.75, 3.05) is 0 Å². The van der Waals surface area contributed by atoms with Crippen molar-refractivity contribution in [3.8, 4) is 0 Å². The van der Waals surface area contributed by atoms with Gasteiger partial charge in [-0.15, -0.1) is 0 Å². The summed E-state index contributed by atoms with van der Waals surface area (Å²) < 4.78 is 221. The van der Waals surface area contributed by atoms with E-state index in [1.807, 2.05) is 0 Å². The van der Waals surface area contributed by atoms with E-state index in [-0.39, 0.29) is 6.21 Å². The van der Waals surface area contributed by atoms with Crippen LogP contribution in [0.25, 0.3) is 0 Å². The lowest BCUT2D eigenvalue weighted by Crippen LogP contribution is -2.68. The predicted octanol–water partition coefficient (Wildman–Crippen LogP) is 5.41. The molecule has 2 atom stereocenters. The Morgan fingerprint density at radius 3 is 1.36 bits per heavy atom. The van der Waals surface area contributed by atoms with Crippen molar-refractivity contribution >= 4 is 12.2 Å². The van der Waals surface area contributed by atoms with Crippen LogP contribution in [0.4, 0.5) is 74.6 Å². The number of carbonyl (C=O) groups excluding carboxylic acids is 1. The normalized spacial score (nSPS) is 18.7. The van der Waals surface area contributed by atoms with Crippen LogP contribution in [0.5, 0.6) is 0 Å². The lowest BCUT2D eigenvalue weighted by Gasteiger charge is -2.39. The second kappa shape index (κ2) is 8.58. The van der Waals surface area contributed by atoms with E-state index < -0.39 is 54.3 Å². The molecule has 0 unspecified atom stereocenters. The predicted molar refractivity (Wildman–Crippen MR) is 63.1 cm³/mol. The molecular formula is C11H4F17NO4. The highest BCUT2D eigenvalue weighted by atomic mass is 19.4. The van der Waals surface area contributed by atoms with Crippen LogP contribution in [-0.4, -0.2) is 60.6 Å². The van der Waals surface area contributed by atoms with E-state index in [0.717, 1.165) is 0 Å². The van der Waals surface area contributed by atoms with Crippen molar-refractivity contribution in [3.05, 3.63) is 0 Å². The van der Waals surface area contributed by atoms with Crippen LogP contribution in [0.15, 0.2) is 5.16 Å². The molecule has 0 saturated heterocycles. The van der Waals surface area contributed by atoms with Crippen molar-refractivity contribution in [1.29, 1.82) is 0 Å². The second-order valence-electron chi connectivity index (χ2n) is 5.24. The summed E-state index contributed by atoms with van der Waals surface area (Å²) in [7, 11) is 0. The highest BCUT2D eigenvalue weighted by Gasteiger charge is 2.85. The van der Waals surface area contributed by atoms with E-state index >= 15 is 0 Å². The Bertz CT molecular complexity index is 741. The molecule has 0 N–H and O–H groups in total. The third-order valence-corrected chi connectivity index (χ3v) is 2.87. The number of rotatable bonds is 8. The fourth-order valence-corrected chi connectivity index (χ4v) is 1.30. The average Bonchev–Trinajstić information content (AvgIpc) is 2.55. The third-order valence-electron chi connectivity index (χ3n) is 2.87. The van der Waals surface area contributed by atoms with Crippen molar-refractivity contribution in [1.82, 2.24) is 0 Å². The van der Waals surface area contributed by atoms with Gasteiger partial charge in [0.15, 0.2) is 0 Å². The first-order chi connectivity index (χ1) is 14.1. The summed E-state index contributed by atoms with van der Waals surface area (Å²) in [4.78, 5) is 13.9. The Morgan fingerprint density at radius 1 is 0.636 bits per heavy atom. The molecule has 0 saturated carbocycles. The summed E-state index contributed by atoms with van der Waals surface area (Å²) in [6.07, 6.45) is -38.5. The molecule has 0 radical (unpaired) electrons. The molecule has 0 aliphatic heterocycles. The van der Waals surface area contributed by atoms with E-state index in [1.54, 1.807) is 4.74 Å². The molecule has 22 heteroatoms. The van der Waals surface area contributed by atoms with Crippen LogP contribution < -0.4 is 0 Å². The van der Waals surface area contributed by atoms with Crippen LogP contribution in [0, 0.1) is 0 Å². The van der Waals surface area contributed by atoms with Crippen molar-refractivity contribution < 1.29 is 93.7 Å². The first kappa shape index (κ1) is 30.9. The molecule has 0 amide bonds. The van der Waals surface area contributed by atoms with Crippen molar-refractivity contribution in [2.24, 2.45) is 5.16 Å². The molecule has 196 valence electrons. The Balaban J connectivity index is 6.73. The molecule has 0 rings (SSSR count). The Kier molecular flexibility index (Phi) is 8.03. The number of hydrogen-bond donors (Lipinski definition) is 0. The molecule has 0 aromatic rings. The maximum absolute atomic E-state index is 13.8. The van der Waals surface area contributed by atoms with Crippen molar-refractivity contribution in [3.63, 3.8) is 0 Å². The zero-order chi connectivity index (χ0) is 27.1. The molecule has 0 aliphatic rings. The molecular weight excluding hydrogens is 533 g/mol. The van der Waals surface area contributed by atoms with Crippen LogP contribution >= 0.6 is 0 Å². The number of ether oxygens (including phenoxy) is 2. The Hall–Kier alpha value is -2.13. The monoisotopic (exact) mass is 537 g/mol. The molecule has 0 heterocycles. The van der Waals surface area contributed by atoms with Gasteiger partial charge in [-0.2, -0.15) is 74.6 Å². The first-order valence-corrected chi connectivity index (χ1v) is 6.96. The fraction of sp³-hybridized carbons (Fsp3) is 0.818. The molecule has 0 aliphatic carbocycles. The minimum absolute atomic E-state index is 0.185. The largest absolute Gasteiger partial charge is 0.462 e. The standard InChI is InChI=1S/C11H4F17NO4/c1-2-29-31-3(30)4(12,7(16,17)18)32-11(27,28)6(15,9(22,23)24)33-10(25,26)5(13,14)8(19,20)21/h2H,1H3/b29-2+/t4-,6-/m1/s1. The van der Waals surface area contributed by atoms with Crippen molar-refractivity contribution in [2.45, 2.75) is 55.3 Å². The first-order valence-electron chi connectivity index (χ1n) is 6.96. The van der Waals surface area contributed by atoms with Gasteiger partial charge in [0, 0.05) is 6.21 Å². The highest BCUT2D eigenvalue weighted by molar-refractivity contribution is 5.79. The van der Waals surface area contributed by atoms with Gasteiger partial charge in [0.1, 0.15) is 0 Å². The third kappa shape index (κ3) is 5.51. The zero-order valence-electron chi connectivity index (χ0n) is 14.6. The van der Waals surface area contributed by atoms with Gasteiger partial charge in [-0.1, -0.05) is 5.16 Å². The quantitative estimate of drug-likeness (QED) is 0.180. The minimum Gasteiger partial charge on any atom is -0.312 e. The number of halogens is 17. The van der Waals surface area contributed by atoms with Crippen LogP contribution in [0.3, 0.4) is 0 Å². The van der Waals surface area contributed by atoms with E-state index in [2.05, 4.69) is 9.99 Å².